The van der Waals surface area contributed by atoms with E-state index in [1.54, 1.807) is 32.0 Å². The van der Waals surface area contributed by atoms with Crippen molar-refractivity contribution in [1.29, 1.82) is 0 Å². The molecule has 0 aliphatic heterocycles. The van der Waals surface area contributed by atoms with Crippen LogP contribution in [0.4, 0.5) is 0 Å². The number of benzene rings is 1. The third kappa shape index (κ3) is 3.88. The fraction of sp³-hybridized carbons (Fsp3) is 0.350. The molecule has 0 bridgehead atoms. The van der Waals surface area contributed by atoms with Gasteiger partial charge in [-0.05, 0) is 26.0 Å². The highest BCUT2D eigenvalue weighted by Crippen LogP contribution is 2.32. The maximum atomic E-state index is 13.1. The number of aromatic nitrogens is 3. The minimum Gasteiger partial charge on any atom is -0.493 e. The SMILES string of the molecule is CCOC(=O)Cn1c(C(=O)OCC)nc2nc3cc(OC)c(OC)cc3cc2c1=O. The zero-order valence-corrected chi connectivity index (χ0v) is 17.1. The molecule has 10 heteroatoms. The van der Waals surface area contributed by atoms with E-state index in [4.69, 9.17) is 18.9 Å². The second-order valence-electron chi connectivity index (χ2n) is 6.11. The summed E-state index contributed by atoms with van der Waals surface area (Å²) in [4.78, 5) is 46.1. The molecule has 10 nitrogen and oxygen atoms in total. The fourth-order valence-electron chi connectivity index (χ4n) is 2.97. The first-order valence-corrected chi connectivity index (χ1v) is 9.23. The van der Waals surface area contributed by atoms with Crippen LogP contribution in [0.25, 0.3) is 21.9 Å². The van der Waals surface area contributed by atoms with Crippen molar-refractivity contribution in [2.75, 3.05) is 27.4 Å². The van der Waals surface area contributed by atoms with Gasteiger partial charge in [0.1, 0.15) is 6.54 Å². The third-order valence-electron chi connectivity index (χ3n) is 4.29. The Morgan fingerprint density at radius 1 is 0.967 bits per heavy atom. The molecule has 2 heterocycles. The maximum absolute atomic E-state index is 13.1. The Hall–Kier alpha value is -3.69. The molecule has 3 aromatic rings. The molecule has 0 fully saturated rings. The molecule has 0 unspecified atom stereocenters. The lowest BCUT2D eigenvalue weighted by atomic mass is 10.1. The van der Waals surface area contributed by atoms with Crippen molar-refractivity contribution in [3.63, 3.8) is 0 Å². The van der Waals surface area contributed by atoms with Crippen LogP contribution in [0.2, 0.25) is 0 Å². The van der Waals surface area contributed by atoms with Crippen LogP contribution in [0.15, 0.2) is 23.0 Å². The molecule has 0 radical (unpaired) electrons. The van der Waals surface area contributed by atoms with E-state index in [2.05, 4.69) is 9.97 Å². The van der Waals surface area contributed by atoms with Gasteiger partial charge in [-0.2, -0.15) is 0 Å². The number of hydrogen-bond donors (Lipinski definition) is 0. The van der Waals surface area contributed by atoms with E-state index in [0.29, 0.717) is 22.4 Å². The number of methoxy groups -OCH3 is 2. The van der Waals surface area contributed by atoms with E-state index in [1.807, 2.05) is 0 Å². The molecule has 30 heavy (non-hydrogen) atoms. The zero-order chi connectivity index (χ0) is 21.8. The van der Waals surface area contributed by atoms with Gasteiger partial charge >= 0.3 is 11.9 Å². The highest BCUT2D eigenvalue weighted by atomic mass is 16.5. The largest absolute Gasteiger partial charge is 0.493 e. The first kappa shape index (κ1) is 21.0. The average Bonchev–Trinajstić information content (AvgIpc) is 2.73. The summed E-state index contributed by atoms with van der Waals surface area (Å²) in [5.74, 6) is -0.914. The Labute approximate surface area is 171 Å². The predicted molar refractivity (Wildman–Crippen MR) is 107 cm³/mol. The number of hydrogen-bond acceptors (Lipinski definition) is 9. The Bertz CT molecular complexity index is 1190. The number of nitrogens with zero attached hydrogens (tertiary/aromatic N) is 3. The van der Waals surface area contributed by atoms with Crippen molar-refractivity contribution < 1.29 is 28.5 Å². The summed E-state index contributed by atoms with van der Waals surface area (Å²) < 4.78 is 21.4. The van der Waals surface area contributed by atoms with Gasteiger partial charge in [0.25, 0.3) is 5.56 Å². The Kier molecular flexibility index (Phi) is 6.14. The molecule has 0 saturated carbocycles. The van der Waals surface area contributed by atoms with E-state index < -0.39 is 24.0 Å². The number of carbonyl (C=O) groups excluding carboxylic acids is 2. The van der Waals surface area contributed by atoms with Gasteiger partial charge in [-0.1, -0.05) is 0 Å². The van der Waals surface area contributed by atoms with Crippen molar-refractivity contribution in [3.05, 3.63) is 34.4 Å². The van der Waals surface area contributed by atoms with Gasteiger partial charge in [0.15, 0.2) is 17.1 Å². The van der Waals surface area contributed by atoms with Gasteiger partial charge in [-0.15, -0.1) is 0 Å². The van der Waals surface area contributed by atoms with E-state index in [-0.39, 0.29) is 30.1 Å². The van der Waals surface area contributed by atoms with Gasteiger partial charge in [-0.3, -0.25) is 14.2 Å². The summed E-state index contributed by atoms with van der Waals surface area (Å²) in [5, 5.41) is 0.734. The van der Waals surface area contributed by atoms with E-state index in [0.717, 1.165) is 4.57 Å². The summed E-state index contributed by atoms with van der Waals surface area (Å²) in [6, 6.07) is 4.89. The molecule has 1 aromatic carbocycles. The zero-order valence-electron chi connectivity index (χ0n) is 17.1. The molecule has 0 spiro atoms. The molecule has 3 rings (SSSR count). The second-order valence-corrected chi connectivity index (χ2v) is 6.11. The molecule has 2 aromatic heterocycles. The maximum Gasteiger partial charge on any atom is 0.374 e. The molecule has 0 atom stereocenters. The van der Waals surface area contributed by atoms with Crippen LogP contribution in [0.5, 0.6) is 11.5 Å². The first-order valence-electron chi connectivity index (χ1n) is 9.23. The molecular formula is C20H21N3O7. The standard InChI is InChI=1S/C20H21N3O7/c1-5-29-16(24)10-23-18(20(26)30-6-2)22-17-12(19(23)25)7-11-8-14(27-3)15(28-4)9-13(11)21-17/h7-9H,5-6,10H2,1-4H3. The topological polar surface area (TPSA) is 119 Å². The van der Waals surface area contributed by atoms with Gasteiger partial charge in [-0.25, -0.2) is 14.8 Å². The molecule has 158 valence electrons. The van der Waals surface area contributed by atoms with Crippen LogP contribution < -0.4 is 15.0 Å². The summed E-state index contributed by atoms with van der Waals surface area (Å²) in [5.41, 5.74) is -0.0758. The number of esters is 2. The monoisotopic (exact) mass is 415 g/mol. The van der Waals surface area contributed by atoms with Crippen LogP contribution in [-0.4, -0.2) is 53.9 Å². The molecule has 0 amide bonds. The normalized spacial score (nSPS) is 10.8. The van der Waals surface area contributed by atoms with Crippen LogP contribution in [0.1, 0.15) is 24.5 Å². The first-order chi connectivity index (χ1) is 14.4. The van der Waals surface area contributed by atoms with Gasteiger partial charge in [0.2, 0.25) is 5.82 Å². The van der Waals surface area contributed by atoms with Crippen molar-refractivity contribution in [3.8, 4) is 11.5 Å². The lowest BCUT2D eigenvalue weighted by Crippen LogP contribution is -2.32. The van der Waals surface area contributed by atoms with Crippen molar-refractivity contribution in [1.82, 2.24) is 14.5 Å². The molecular weight excluding hydrogens is 394 g/mol. The lowest BCUT2D eigenvalue weighted by Gasteiger charge is -2.13. The van der Waals surface area contributed by atoms with E-state index >= 15 is 0 Å². The Balaban J connectivity index is 2.29. The summed E-state index contributed by atoms with van der Waals surface area (Å²) in [6.45, 7) is 3.00. The number of ether oxygens (including phenoxy) is 4. The van der Waals surface area contributed by atoms with Crippen LogP contribution in [-0.2, 0) is 20.8 Å². The molecule has 0 aliphatic carbocycles. The second kappa shape index (κ2) is 8.76. The highest BCUT2D eigenvalue weighted by molar-refractivity contribution is 5.94. The van der Waals surface area contributed by atoms with Gasteiger partial charge < -0.3 is 18.9 Å². The minimum atomic E-state index is -0.838. The van der Waals surface area contributed by atoms with Gasteiger partial charge in [0, 0.05) is 11.5 Å². The van der Waals surface area contributed by atoms with Crippen LogP contribution in [0.3, 0.4) is 0 Å². The van der Waals surface area contributed by atoms with Gasteiger partial charge in [0.05, 0.1) is 38.3 Å². The number of fused-ring (bicyclic) bond motifs is 2. The number of carbonyl (C=O) groups is 2. The highest BCUT2D eigenvalue weighted by Gasteiger charge is 2.22. The molecule has 0 aliphatic rings. The van der Waals surface area contributed by atoms with E-state index in [9.17, 15) is 14.4 Å². The van der Waals surface area contributed by atoms with Crippen molar-refractivity contribution in [2.24, 2.45) is 0 Å². The minimum absolute atomic E-state index is 0.0443. The third-order valence-corrected chi connectivity index (χ3v) is 4.29. The number of rotatable bonds is 7. The van der Waals surface area contributed by atoms with Crippen LogP contribution >= 0.6 is 0 Å². The van der Waals surface area contributed by atoms with Crippen molar-refractivity contribution >= 4 is 33.9 Å². The molecule has 0 saturated heterocycles. The lowest BCUT2D eigenvalue weighted by molar-refractivity contribution is -0.143. The van der Waals surface area contributed by atoms with E-state index in [1.165, 1.54) is 14.2 Å². The predicted octanol–water partition coefficient (Wildman–Crippen LogP) is 1.70. The number of pyridine rings is 1. The summed E-state index contributed by atoms with van der Waals surface area (Å²) >= 11 is 0. The van der Waals surface area contributed by atoms with Crippen molar-refractivity contribution in [2.45, 2.75) is 20.4 Å². The quantitative estimate of drug-likeness (QED) is 0.419. The Morgan fingerprint density at radius 2 is 1.63 bits per heavy atom. The summed E-state index contributed by atoms with van der Waals surface area (Å²) in [7, 11) is 2.99. The van der Waals surface area contributed by atoms with Crippen LogP contribution in [0, 0.1) is 0 Å². The fourth-order valence-corrected chi connectivity index (χ4v) is 2.97. The summed E-state index contributed by atoms with van der Waals surface area (Å²) in [6.07, 6.45) is 0. The smallest absolute Gasteiger partial charge is 0.374 e. The average molecular weight is 415 g/mol. The molecule has 0 N–H and O–H groups in total. The Morgan fingerprint density at radius 3 is 2.27 bits per heavy atom.